The molecule has 1 aliphatic heterocycles. The first-order chi connectivity index (χ1) is 14.0. The van der Waals surface area contributed by atoms with Crippen LogP contribution < -0.4 is 24.3 Å². The predicted molar refractivity (Wildman–Crippen MR) is 112 cm³/mol. The van der Waals surface area contributed by atoms with E-state index in [1.807, 2.05) is 38.1 Å². The maximum absolute atomic E-state index is 12.2. The number of hydrogen-bond donors (Lipinski definition) is 1. The van der Waals surface area contributed by atoms with Gasteiger partial charge in [0.25, 0.3) is 0 Å². The number of nitrogens with one attached hydrogen (secondary N) is 1. The summed E-state index contributed by atoms with van der Waals surface area (Å²) in [5, 5.41) is 3.24. The Balaban J connectivity index is 1.57. The number of carbonyl (C=O) groups is 1. The summed E-state index contributed by atoms with van der Waals surface area (Å²) >= 11 is 6.31. The summed E-state index contributed by atoms with van der Waals surface area (Å²) in [6.45, 7) is 4.54. The normalized spacial score (nSPS) is 15.4. The SMILES string of the molecule is COc1cc(/C=C/C(=O)NCC2COc3ccccc3O2)cc(Cl)c1OC(C)C. The van der Waals surface area contributed by atoms with Gasteiger partial charge in [0.1, 0.15) is 12.7 Å². The van der Waals surface area contributed by atoms with Crippen LogP contribution in [0.25, 0.3) is 6.08 Å². The van der Waals surface area contributed by atoms with E-state index in [0.29, 0.717) is 41.2 Å². The molecule has 7 heteroatoms. The van der Waals surface area contributed by atoms with Gasteiger partial charge < -0.3 is 24.3 Å². The Labute approximate surface area is 175 Å². The molecule has 0 spiro atoms. The number of ether oxygens (including phenoxy) is 4. The van der Waals surface area contributed by atoms with Crippen molar-refractivity contribution in [1.82, 2.24) is 5.32 Å². The lowest BCUT2D eigenvalue weighted by Crippen LogP contribution is -2.40. The van der Waals surface area contributed by atoms with Crippen LogP contribution in [-0.4, -0.2) is 38.4 Å². The van der Waals surface area contributed by atoms with Crippen molar-refractivity contribution in [3.05, 3.63) is 53.1 Å². The van der Waals surface area contributed by atoms with Crippen molar-refractivity contribution in [2.75, 3.05) is 20.3 Å². The van der Waals surface area contributed by atoms with Gasteiger partial charge in [0.15, 0.2) is 23.0 Å². The number of fused-ring (bicyclic) bond motifs is 1. The van der Waals surface area contributed by atoms with Gasteiger partial charge in [-0.15, -0.1) is 0 Å². The molecule has 0 saturated heterocycles. The lowest BCUT2D eigenvalue weighted by atomic mass is 10.2. The van der Waals surface area contributed by atoms with Crippen molar-refractivity contribution in [2.24, 2.45) is 0 Å². The molecule has 0 bridgehead atoms. The number of hydrogen-bond acceptors (Lipinski definition) is 5. The van der Waals surface area contributed by atoms with Crippen molar-refractivity contribution in [2.45, 2.75) is 26.1 Å². The lowest BCUT2D eigenvalue weighted by molar-refractivity contribution is -0.116. The van der Waals surface area contributed by atoms with E-state index in [1.165, 1.54) is 6.08 Å². The third-order valence-corrected chi connectivity index (χ3v) is 4.38. The highest BCUT2D eigenvalue weighted by Gasteiger charge is 2.20. The number of carbonyl (C=O) groups excluding carboxylic acids is 1. The van der Waals surface area contributed by atoms with Crippen molar-refractivity contribution in [3.8, 4) is 23.0 Å². The minimum Gasteiger partial charge on any atom is -0.493 e. The first-order valence-electron chi connectivity index (χ1n) is 9.35. The first kappa shape index (κ1) is 20.9. The van der Waals surface area contributed by atoms with E-state index < -0.39 is 0 Å². The second kappa shape index (κ2) is 9.56. The highest BCUT2D eigenvalue weighted by molar-refractivity contribution is 6.32. The minimum absolute atomic E-state index is 0.0356. The Morgan fingerprint density at radius 2 is 2.07 bits per heavy atom. The van der Waals surface area contributed by atoms with Gasteiger partial charge in [0.05, 0.1) is 24.8 Å². The van der Waals surface area contributed by atoms with Gasteiger partial charge in [0, 0.05) is 6.08 Å². The second-order valence-electron chi connectivity index (χ2n) is 6.78. The molecule has 2 aromatic rings. The zero-order chi connectivity index (χ0) is 20.8. The molecule has 1 aliphatic rings. The standard InChI is InChI=1S/C22H24ClNO5/c1-14(2)28-22-17(23)10-15(11-20(22)26-3)8-9-21(25)24-12-16-13-27-18-6-4-5-7-19(18)29-16/h4-11,14,16H,12-13H2,1-3H3,(H,24,25)/b9-8+. The lowest BCUT2D eigenvalue weighted by Gasteiger charge is -2.26. The third-order valence-electron chi connectivity index (χ3n) is 4.10. The van der Waals surface area contributed by atoms with Crippen LogP contribution in [0.3, 0.4) is 0 Å². The Kier molecular flexibility index (Phi) is 6.88. The number of amides is 1. The molecule has 1 atom stereocenters. The first-order valence-corrected chi connectivity index (χ1v) is 9.72. The molecule has 154 valence electrons. The third kappa shape index (κ3) is 5.57. The molecule has 1 amide bonds. The van der Waals surface area contributed by atoms with Crippen LogP contribution in [0.5, 0.6) is 23.0 Å². The Morgan fingerprint density at radius 1 is 1.31 bits per heavy atom. The van der Waals surface area contributed by atoms with Crippen LogP contribution >= 0.6 is 11.6 Å². The average molecular weight is 418 g/mol. The molecule has 0 radical (unpaired) electrons. The van der Waals surface area contributed by atoms with Gasteiger partial charge in [-0.3, -0.25) is 4.79 Å². The summed E-state index contributed by atoms with van der Waals surface area (Å²) in [6.07, 6.45) is 2.82. The molecule has 3 rings (SSSR count). The monoisotopic (exact) mass is 417 g/mol. The second-order valence-corrected chi connectivity index (χ2v) is 7.18. The van der Waals surface area contributed by atoms with E-state index in [9.17, 15) is 4.79 Å². The predicted octanol–water partition coefficient (Wildman–Crippen LogP) is 4.11. The van der Waals surface area contributed by atoms with E-state index in [1.54, 1.807) is 25.3 Å². The highest BCUT2D eigenvalue weighted by Crippen LogP contribution is 2.37. The quantitative estimate of drug-likeness (QED) is 0.687. The molecule has 2 aromatic carbocycles. The van der Waals surface area contributed by atoms with Crippen LogP contribution in [-0.2, 0) is 4.79 Å². The van der Waals surface area contributed by atoms with Gasteiger partial charge in [0.2, 0.25) is 5.91 Å². The Morgan fingerprint density at radius 3 is 2.79 bits per heavy atom. The van der Waals surface area contributed by atoms with Gasteiger partial charge in [-0.05, 0) is 49.8 Å². The summed E-state index contributed by atoms with van der Waals surface area (Å²) in [7, 11) is 1.55. The number of halogens is 1. The number of methoxy groups -OCH3 is 1. The molecule has 6 nitrogen and oxygen atoms in total. The van der Waals surface area contributed by atoms with Gasteiger partial charge in [-0.25, -0.2) is 0 Å². The molecule has 0 fully saturated rings. The molecule has 1 heterocycles. The van der Waals surface area contributed by atoms with Crippen LogP contribution in [0.1, 0.15) is 19.4 Å². The zero-order valence-corrected chi connectivity index (χ0v) is 17.4. The van der Waals surface area contributed by atoms with Gasteiger partial charge in [-0.1, -0.05) is 23.7 Å². The minimum atomic E-state index is -0.246. The summed E-state index contributed by atoms with van der Waals surface area (Å²) in [5.41, 5.74) is 0.726. The van der Waals surface area contributed by atoms with Crippen molar-refractivity contribution in [1.29, 1.82) is 0 Å². The van der Waals surface area contributed by atoms with Crippen LogP contribution in [0.15, 0.2) is 42.5 Å². The average Bonchev–Trinajstić information content (AvgIpc) is 2.71. The highest BCUT2D eigenvalue weighted by atomic mass is 35.5. The maximum Gasteiger partial charge on any atom is 0.244 e. The van der Waals surface area contributed by atoms with Gasteiger partial charge >= 0.3 is 0 Å². The largest absolute Gasteiger partial charge is 0.493 e. The van der Waals surface area contributed by atoms with E-state index in [2.05, 4.69) is 5.32 Å². The molecule has 1 N–H and O–H groups in total. The fraction of sp³-hybridized carbons (Fsp3) is 0.318. The van der Waals surface area contributed by atoms with Crippen LogP contribution in [0.4, 0.5) is 0 Å². The molecule has 0 aromatic heterocycles. The summed E-state index contributed by atoms with van der Waals surface area (Å²) < 4.78 is 22.5. The number of rotatable bonds is 7. The van der Waals surface area contributed by atoms with Gasteiger partial charge in [-0.2, -0.15) is 0 Å². The molecule has 0 saturated carbocycles. The summed E-state index contributed by atoms with van der Waals surface area (Å²) in [4.78, 5) is 12.2. The summed E-state index contributed by atoms with van der Waals surface area (Å²) in [6, 6.07) is 10.9. The van der Waals surface area contributed by atoms with E-state index >= 15 is 0 Å². The molecule has 29 heavy (non-hydrogen) atoms. The smallest absolute Gasteiger partial charge is 0.244 e. The fourth-order valence-corrected chi connectivity index (χ4v) is 3.06. The molecular weight excluding hydrogens is 394 g/mol. The van der Waals surface area contributed by atoms with Crippen LogP contribution in [0.2, 0.25) is 5.02 Å². The van der Waals surface area contributed by atoms with Crippen molar-refractivity contribution >= 4 is 23.6 Å². The molecule has 0 aliphatic carbocycles. The van der Waals surface area contributed by atoms with E-state index in [4.69, 9.17) is 30.5 Å². The van der Waals surface area contributed by atoms with Crippen LogP contribution in [0, 0.1) is 0 Å². The molecule has 1 unspecified atom stereocenters. The summed E-state index contributed by atoms with van der Waals surface area (Å²) in [5.74, 6) is 2.15. The fourth-order valence-electron chi connectivity index (χ4n) is 2.80. The maximum atomic E-state index is 12.2. The van der Waals surface area contributed by atoms with E-state index in [0.717, 1.165) is 5.56 Å². The zero-order valence-electron chi connectivity index (χ0n) is 16.6. The number of para-hydroxylation sites is 2. The topological polar surface area (TPSA) is 66.0 Å². The van der Waals surface area contributed by atoms with E-state index in [-0.39, 0.29) is 18.1 Å². The number of benzene rings is 2. The van der Waals surface area contributed by atoms with Crippen molar-refractivity contribution in [3.63, 3.8) is 0 Å². The Hall–Kier alpha value is -2.86. The molecular formula is C22H24ClNO5. The Bertz CT molecular complexity index is 897. The van der Waals surface area contributed by atoms with Crippen molar-refractivity contribution < 1.29 is 23.7 Å².